The van der Waals surface area contributed by atoms with Crippen molar-refractivity contribution in [1.29, 1.82) is 0 Å². The fourth-order valence-corrected chi connectivity index (χ4v) is 3.73. The van der Waals surface area contributed by atoms with E-state index in [1.165, 1.54) is 23.9 Å². The van der Waals surface area contributed by atoms with E-state index in [1.54, 1.807) is 17.0 Å². The first-order valence-corrected chi connectivity index (χ1v) is 7.53. The molecule has 1 amide bonds. The second-order valence-electron chi connectivity index (χ2n) is 4.43. The number of nitrogens with zero attached hydrogens (tertiary/aromatic N) is 1. The predicted molar refractivity (Wildman–Crippen MR) is 80.5 cm³/mol. The lowest BCUT2D eigenvalue weighted by Gasteiger charge is -2.25. The summed E-state index contributed by atoms with van der Waals surface area (Å²) >= 11 is 7.74. The Morgan fingerprint density at radius 1 is 1.15 bits per heavy atom. The van der Waals surface area contributed by atoms with Gasteiger partial charge in [-0.25, -0.2) is 4.39 Å². The largest absolute Gasteiger partial charge is 0.295 e. The standard InChI is InChI=1S/C15H11ClFNOS/c16-13-4-2-1-3-12(13)15-18(14(19)9-20-15)11-7-5-10(17)6-8-11/h1-8,15H,9H2/t15-/m0/s1. The van der Waals surface area contributed by atoms with E-state index < -0.39 is 0 Å². The molecular weight excluding hydrogens is 297 g/mol. The van der Waals surface area contributed by atoms with Gasteiger partial charge in [-0.15, -0.1) is 11.8 Å². The molecule has 0 bridgehead atoms. The summed E-state index contributed by atoms with van der Waals surface area (Å²) in [5.41, 5.74) is 1.58. The third-order valence-electron chi connectivity index (χ3n) is 3.14. The molecule has 1 heterocycles. The minimum absolute atomic E-state index is 0.00604. The molecule has 5 heteroatoms. The molecule has 0 aromatic heterocycles. The zero-order chi connectivity index (χ0) is 14.1. The maximum absolute atomic E-state index is 13.0. The van der Waals surface area contributed by atoms with Gasteiger partial charge < -0.3 is 0 Å². The zero-order valence-corrected chi connectivity index (χ0v) is 12.0. The molecule has 0 saturated carbocycles. The van der Waals surface area contributed by atoms with Gasteiger partial charge in [0.15, 0.2) is 0 Å². The highest BCUT2D eigenvalue weighted by Gasteiger charge is 2.34. The van der Waals surface area contributed by atoms with Crippen molar-refractivity contribution in [2.45, 2.75) is 5.37 Å². The molecule has 102 valence electrons. The summed E-state index contributed by atoms with van der Waals surface area (Å²) in [6.07, 6.45) is 0. The van der Waals surface area contributed by atoms with Gasteiger partial charge in [0.25, 0.3) is 0 Å². The third-order valence-corrected chi connectivity index (χ3v) is 4.68. The first kappa shape index (κ1) is 13.5. The Balaban J connectivity index is 2.01. The summed E-state index contributed by atoms with van der Waals surface area (Å²) < 4.78 is 13.0. The minimum atomic E-state index is -0.317. The number of thioether (sulfide) groups is 1. The fourth-order valence-electron chi connectivity index (χ4n) is 2.21. The first-order valence-electron chi connectivity index (χ1n) is 6.10. The first-order chi connectivity index (χ1) is 9.66. The van der Waals surface area contributed by atoms with Gasteiger partial charge in [-0.1, -0.05) is 29.8 Å². The Bertz CT molecular complexity index is 647. The normalized spacial score (nSPS) is 18.6. The number of halogens is 2. The second kappa shape index (κ2) is 5.46. The summed E-state index contributed by atoms with van der Waals surface area (Å²) in [7, 11) is 0. The number of hydrogen-bond acceptors (Lipinski definition) is 2. The lowest BCUT2D eigenvalue weighted by atomic mass is 10.2. The minimum Gasteiger partial charge on any atom is -0.295 e. The van der Waals surface area contributed by atoms with Crippen LogP contribution in [0.1, 0.15) is 10.9 Å². The SMILES string of the molecule is O=C1CS[C@@H](c2ccccc2Cl)N1c1ccc(F)cc1. The van der Waals surface area contributed by atoms with E-state index in [-0.39, 0.29) is 17.1 Å². The van der Waals surface area contributed by atoms with Gasteiger partial charge in [0.05, 0.1) is 5.75 Å². The predicted octanol–water partition coefficient (Wildman–Crippen LogP) is 4.26. The van der Waals surface area contributed by atoms with Crippen LogP contribution < -0.4 is 4.90 Å². The van der Waals surface area contributed by atoms with Crippen molar-refractivity contribution < 1.29 is 9.18 Å². The molecule has 1 atom stereocenters. The van der Waals surface area contributed by atoms with Gasteiger partial charge in [-0.3, -0.25) is 9.69 Å². The second-order valence-corrected chi connectivity index (χ2v) is 5.90. The summed E-state index contributed by atoms with van der Waals surface area (Å²) in [5, 5.41) is 0.466. The lowest BCUT2D eigenvalue weighted by molar-refractivity contribution is -0.115. The average Bonchev–Trinajstić information content (AvgIpc) is 2.82. The van der Waals surface area contributed by atoms with Crippen molar-refractivity contribution in [3.8, 4) is 0 Å². The lowest BCUT2D eigenvalue weighted by Crippen LogP contribution is -2.27. The zero-order valence-electron chi connectivity index (χ0n) is 10.4. The molecule has 0 radical (unpaired) electrons. The van der Waals surface area contributed by atoms with E-state index in [0.717, 1.165) is 5.56 Å². The topological polar surface area (TPSA) is 20.3 Å². The number of rotatable bonds is 2. The van der Waals surface area contributed by atoms with E-state index in [0.29, 0.717) is 16.5 Å². The van der Waals surface area contributed by atoms with Crippen molar-refractivity contribution in [2.75, 3.05) is 10.7 Å². The van der Waals surface area contributed by atoms with Crippen molar-refractivity contribution in [1.82, 2.24) is 0 Å². The van der Waals surface area contributed by atoms with Crippen molar-refractivity contribution in [2.24, 2.45) is 0 Å². The van der Waals surface area contributed by atoms with E-state index in [9.17, 15) is 9.18 Å². The molecule has 2 aromatic rings. The van der Waals surface area contributed by atoms with Crippen molar-refractivity contribution in [3.05, 3.63) is 64.9 Å². The van der Waals surface area contributed by atoms with E-state index >= 15 is 0 Å². The molecule has 20 heavy (non-hydrogen) atoms. The van der Waals surface area contributed by atoms with Gasteiger partial charge in [-0.05, 0) is 30.3 Å². The Morgan fingerprint density at radius 3 is 2.55 bits per heavy atom. The third kappa shape index (κ3) is 2.41. The quantitative estimate of drug-likeness (QED) is 0.826. The summed E-state index contributed by atoms with van der Waals surface area (Å²) in [4.78, 5) is 13.8. The number of amides is 1. The molecule has 0 N–H and O–H groups in total. The maximum atomic E-state index is 13.0. The molecule has 0 spiro atoms. The van der Waals surface area contributed by atoms with Crippen LogP contribution in [0, 0.1) is 5.82 Å². The van der Waals surface area contributed by atoms with Crippen LogP contribution >= 0.6 is 23.4 Å². The molecule has 1 saturated heterocycles. The number of anilines is 1. The molecule has 3 rings (SSSR count). The van der Waals surface area contributed by atoms with Crippen LogP contribution in [0.15, 0.2) is 48.5 Å². The van der Waals surface area contributed by atoms with Crippen LogP contribution in [0.4, 0.5) is 10.1 Å². The van der Waals surface area contributed by atoms with Crippen LogP contribution in [-0.2, 0) is 4.79 Å². The average molecular weight is 308 g/mol. The Labute approximate surface area is 125 Å². The molecule has 1 fully saturated rings. The Kier molecular flexibility index (Phi) is 3.68. The van der Waals surface area contributed by atoms with Crippen LogP contribution in [-0.4, -0.2) is 11.7 Å². The van der Waals surface area contributed by atoms with Crippen LogP contribution in [0.25, 0.3) is 0 Å². The Hall–Kier alpha value is -1.52. The number of benzene rings is 2. The number of carbonyl (C=O) groups excluding carboxylic acids is 1. The highest BCUT2D eigenvalue weighted by atomic mass is 35.5. The van der Waals surface area contributed by atoms with E-state index in [2.05, 4.69) is 0 Å². The number of carbonyl (C=O) groups is 1. The summed E-state index contributed by atoms with van der Waals surface area (Å²) in [6, 6.07) is 13.4. The van der Waals surface area contributed by atoms with E-state index in [4.69, 9.17) is 11.6 Å². The smallest absolute Gasteiger partial charge is 0.238 e. The van der Waals surface area contributed by atoms with Gasteiger partial charge in [-0.2, -0.15) is 0 Å². The molecule has 0 aliphatic carbocycles. The summed E-state index contributed by atoms with van der Waals surface area (Å²) in [6.45, 7) is 0. The van der Waals surface area contributed by atoms with Crippen LogP contribution in [0.5, 0.6) is 0 Å². The fraction of sp³-hybridized carbons (Fsp3) is 0.133. The van der Waals surface area contributed by atoms with Crippen LogP contribution in [0.2, 0.25) is 5.02 Å². The molecule has 1 aliphatic heterocycles. The van der Waals surface area contributed by atoms with Crippen LogP contribution in [0.3, 0.4) is 0 Å². The molecule has 1 aliphatic rings. The van der Waals surface area contributed by atoms with Gasteiger partial charge >= 0.3 is 0 Å². The van der Waals surface area contributed by atoms with Gasteiger partial charge in [0.1, 0.15) is 11.2 Å². The number of hydrogen-bond donors (Lipinski definition) is 0. The van der Waals surface area contributed by atoms with Crippen molar-refractivity contribution >= 4 is 35.0 Å². The highest BCUT2D eigenvalue weighted by Crippen LogP contribution is 2.43. The maximum Gasteiger partial charge on any atom is 0.238 e. The van der Waals surface area contributed by atoms with Gasteiger partial charge in [0, 0.05) is 16.3 Å². The van der Waals surface area contributed by atoms with Gasteiger partial charge in [0.2, 0.25) is 5.91 Å². The highest BCUT2D eigenvalue weighted by molar-refractivity contribution is 8.00. The Morgan fingerprint density at radius 2 is 1.85 bits per heavy atom. The van der Waals surface area contributed by atoms with Crippen molar-refractivity contribution in [3.63, 3.8) is 0 Å². The summed E-state index contributed by atoms with van der Waals surface area (Å²) in [5.74, 6) is 0.0849. The molecular formula is C15H11ClFNOS. The molecule has 2 aromatic carbocycles. The molecule has 2 nitrogen and oxygen atoms in total. The van der Waals surface area contributed by atoms with E-state index in [1.807, 2.05) is 24.3 Å². The monoisotopic (exact) mass is 307 g/mol. The molecule has 0 unspecified atom stereocenters.